The molecule has 3 aromatic carbocycles. The Bertz CT molecular complexity index is 717. The molecule has 0 aliphatic heterocycles. The molecule has 18 heavy (non-hydrogen) atoms. The van der Waals surface area contributed by atoms with E-state index in [0.29, 0.717) is 0 Å². The first kappa shape index (κ1) is 11.2. The van der Waals surface area contributed by atoms with Crippen LogP contribution in [0.4, 0.5) is 0 Å². The van der Waals surface area contributed by atoms with Crippen molar-refractivity contribution < 1.29 is 10.2 Å². The maximum Gasteiger partial charge on any atom is 0.0688 e. The van der Waals surface area contributed by atoms with E-state index < -0.39 is 0 Å². The van der Waals surface area contributed by atoms with Crippen molar-refractivity contribution in [1.82, 2.24) is 0 Å². The summed E-state index contributed by atoms with van der Waals surface area (Å²) in [6.07, 6.45) is 0. The molecule has 0 fully saturated rings. The van der Waals surface area contributed by atoms with Gasteiger partial charge in [0, 0.05) is 0 Å². The van der Waals surface area contributed by atoms with Crippen molar-refractivity contribution in [1.29, 1.82) is 0 Å². The molecule has 0 heterocycles. The predicted molar refractivity (Wildman–Crippen MR) is 73.3 cm³/mol. The van der Waals surface area contributed by atoms with Gasteiger partial charge in [-0.1, -0.05) is 36.4 Å². The van der Waals surface area contributed by atoms with E-state index in [9.17, 15) is 10.2 Å². The van der Waals surface area contributed by atoms with Crippen molar-refractivity contribution in [2.75, 3.05) is 0 Å². The van der Waals surface area contributed by atoms with Gasteiger partial charge in [-0.3, -0.25) is 0 Å². The molecule has 3 rings (SSSR count). The fourth-order valence-corrected chi connectivity index (χ4v) is 2.47. The Kier molecular flexibility index (Phi) is 2.74. The quantitative estimate of drug-likeness (QED) is 0.674. The third-order valence-corrected chi connectivity index (χ3v) is 3.36. The fraction of sp³-hybridized carbons (Fsp3) is 0.125. The third kappa shape index (κ3) is 1.67. The van der Waals surface area contributed by atoms with Gasteiger partial charge in [0.2, 0.25) is 0 Å². The van der Waals surface area contributed by atoms with Gasteiger partial charge in [-0.2, -0.15) is 0 Å². The molecule has 3 aromatic rings. The van der Waals surface area contributed by atoms with Crippen LogP contribution in [0.5, 0.6) is 0 Å². The van der Waals surface area contributed by atoms with Gasteiger partial charge in [-0.25, -0.2) is 0 Å². The van der Waals surface area contributed by atoms with E-state index in [-0.39, 0.29) is 13.2 Å². The molecule has 0 aliphatic carbocycles. The number of aliphatic hydroxyl groups is 2. The van der Waals surface area contributed by atoms with E-state index in [2.05, 4.69) is 6.07 Å². The lowest BCUT2D eigenvalue weighted by atomic mass is 9.96. The van der Waals surface area contributed by atoms with E-state index in [4.69, 9.17) is 0 Å². The highest BCUT2D eigenvalue weighted by Crippen LogP contribution is 2.29. The van der Waals surface area contributed by atoms with Gasteiger partial charge in [0.05, 0.1) is 13.2 Å². The van der Waals surface area contributed by atoms with Crippen LogP contribution in [-0.2, 0) is 13.2 Å². The Morgan fingerprint density at radius 2 is 1.50 bits per heavy atom. The van der Waals surface area contributed by atoms with Crippen molar-refractivity contribution in [3.63, 3.8) is 0 Å². The molecule has 0 aromatic heterocycles. The second kappa shape index (κ2) is 4.41. The van der Waals surface area contributed by atoms with Crippen LogP contribution in [0.3, 0.4) is 0 Å². The first-order valence-electron chi connectivity index (χ1n) is 5.98. The van der Waals surface area contributed by atoms with Crippen LogP contribution >= 0.6 is 0 Å². The molecule has 0 saturated heterocycles. The monoisotopic (exact) mass is 238 g/mol. The van der Waals surface area contributed by atoms with E-state index in [1.54, 1.807) is 0 Å². The minimum atomic E-state index is 0.0276. The van der Waals surface area contributed by atoms with Crippen molar-refractivity contribution in [2.45, 2.75) is 13.2 Å². The van der Waals surface area contributed by atoms with Crippen LogP contribution < -0.4 is 0 Å². The minimum Gasteiger partial charge on any atom is -0.392 e. The largest absolute Gasteiger partial charge is 0.392 e. The van der Waals surface area contributed by atoms with Crippen LogP contribution in [0, 0.1) is 0 Å². The van der Waals surface area contributed by atoms with Crippen LogP contribution in [0.15, 0.2) is 48.5 Å². The second-order valence-electron chi connectivity index (χ2n) is 4.45. The Morgan fingerprint density at radius 1 is 0.722 bits per heavy atom. The SMILES string of the molecule is OCc1ccc2c(c1)cc(CO)c1ccccc12. The highest BCUT2D eigenvalue weighted by atomic mass is 16.3. The Balaban J connectivity index is 2.46. The first-order valence-corrected chi connectivity index (χ1v) is 5.98. The lowest BCUT2D eigenvalue weighted by molar-refractivity contribution is 0.282. The summed E-state index contributed by atoms with van der Waals surface area (Å²) < 4.78 is 0. The van der Waals surface area contributed by atoms with Gasteiger partial charge in [0.25, 0.3) is 0 Å². The Labute approximate surface area is 105 Å². The fourth-order valence-electron chi connectivity index (χ4n) is 2.47. The lowest BCUT2D eigenvalue weighted by Crippen LogP contribution is -1.89. The summed E-state index contributed by atoms with van der Waals surface area (Å²) in [5.74, 6) is 0. The van der Waals surface area contributed by atoms with Crippen molar-refractivity contribution >= 4 is 21.5 Å². The summed E-state index contributed by atoms with van der Waals surface area (Å²) in [5.41, 5.74) is 1.81. The zero-order chi connectivity index (χ0) is 12.5. The first-order chi connectivity index (χ1) is 8.83. The predicted octanol–water partition coefficient (Wildman–Crippen LogP) is 2.98. The van der Waals surface area contributed by atoms with Crippen molar-refractivity contribution in [3.8, 4) is 0 Å². The molecule has 0 spiro atoms. The number of benzene rings is 3. The molecule has 0 atom stereocenters. The summed E-state index contributed by atoms with van der Waals surface area (Å²) in [7, 11) is 0. The highest BCUT2D eigenvalue weighted by Gasteiger charge is 2.06. The van der Waals surface area contributed by atoms with Gasteiger partial charge in [-0.05, 0) is 44.8 Å². The van der Waals surface area contributed by atoms with Gasteiger partial charge in [-0.15, -0.1) is 0 Å². The molecule has 2 heteroatoms. The number of fused-ring (bicyclic) bond motifs is 3. The molecule has 0 amide bonds. The highest BCUT2D eigenvalue weighted by molar-refractivity contribution is 6.09. The standard InChI is InChI=1S/C16H14O2/c17-9-11-5-6-15-12(7-11)8-13(10-18)14-3-1-2-4-16(14)15/h1-8,17-18H,9-10H2. The van der Waals surface area contributed by atoms with Crippen LogP contribution in [0.25, 0.3) is 21.5 Å². The summed E-state index contributed by atoms with van der Waals surface area (Å²) in [6.45, 7) is 0.0665. The number of hydrogen-bond donors (Lipinski definition) is 2. The van der Waals surface area contributed by atoms with E-state index in [1.165, 1.54) is 0 Å². The summed E-state index contributed by atoms with van der Waals surface area (Å²) in [6, 6.07) is 16.0. The van der Waals surface area contributed by atoms with E-state index >= 15 is 0 Å². The van der Waals surface area contributed by atoms with Crippen LogP contribution in [0.1, 0.15) is 11.1 Å². The molecule has 0 aliphatic rings. The number of aliphatic hydroxyl groups excluding tert-OH is 2. The maximum absolute atomic E-state index is 9.47. The molecular formula is C16H14O2. The van der Waals surface area contributed by atoms with Crippen LogP contribution in [-0.4, -0.2) is 10.2 Å². The lowest BCUT2D eigenvalue weighted by Gasteiger charge is -2.09. The van der Waals surface area contributed by atoms with Gasteiger partial charge in [0.1, 0.15) is 0 Å². The average molecular weight is 238 g/mol. The number of hydrogen-bond acceptors (Lipinski definition) is 2. The Hall–Kier alpha value is -1.90. The third-order valence-electron chi connectivity index (χ3n) is 3.36. The maximum atomic E-state index is 9.47. The zero-order valence-electron chi connectivity index (χ0n) is 9.93. The molecular weight excluding hydrogens is 224 g/mol. The van der Waals surface area contributed by atoms with Crippen molar-refractivity contribution in [3.05, 3.63) is 59.7 Å². The normalized spacial score (nSPS) is 11.2. The summed E-state index contributed by atoms with van der Waals surface area (Å²) in [5, 5.41) is 23.1. The van der Waals surface area contributed by atoms with Gasteiger partial charge < -0.3 is 10.2 Å². The molecule has 0 unspecified atom stereocenters. The topological polar surface area (TPSA) is 40.5 Å². The van der Waals surface area contributed by atoms with E-state index in [0.717, 1.165) is 32.7 Å². The molecule has 2 N–H and O–H groups in total. The average Bonchev–Trinajstić information content (AvgIpc) is 2.45. The minimum absolute atomic E-state index is 0.0276. The summed E-state index contributed by atoms with van der Waals surface area (Å²) in [4.78, 5) is 0. The van der Waals surface area contributed by atoms with Crippen molar-refractivity contribution in [2.24, 2.45) is 0 Å². The van der Waals surface area contributed by atoms with Gasteiger partial charge in [0.15, 0.2) is 0 Å². The number of rotatable bonds is 2. The molecule has 0 saturated carbocycles. The van der Waals surface area contributed by atoms with Gasteiger partial charge >= 0.3 is 0 Å². The van der Waals surface area contributed by atoms with Crippen LogP contribution in [0.2, 0.25) is 0 Å². The second-order valence-corrected chi connectivity index (χ2v) is 4.45. The molecule has 90 valence electrons. The molecule has 0 bridgehead atoms. The Morgan fingerprint density at radius 3 is 2.22 bits per heavy atom. The molecule has 0 radical (unpaired) electrons. The molecule has 2 nitrogen and oxygen atoms in total. The summed E-state index contributed by atoms with van der Waals surface area (Å²) >= 11 is 0. The van der Waals surface area contributed by atoms with E-state index in [1.807, 2.05) is 42.5 Å². The smallest absolute Gasteiger partial charge is 0.0688 e. The zero-order valence-corrected chi connectivity index (χ0v) is 9.93.